The second kappa shape index (κ2) is 8.65. The van der Waals surface area contributed by atoms with Gasteiger partial charge in [-0.2, -0.15) is 11.8 Å². The summed E-state index contributed by atoms with van der Waals surface area (Å²) in [6.45, 7) is 9.87. The molecule has 0 bridgehead atoms. The lowest BCUT2D eigenvalue weighted by Gasteiger charge is -2.07. The van der Waals surface area contributed by atoms with E-state index in [0.29, 0.717) is 0 Å². The van der Waals surface area contributed by atoms with Crippen molar-refractivity contribution in [3.63, 3.8) is 0 Å². The maximum absolute atomic E-state index is 3.56. The largest absolute Gasteiger partial charge is 0.349 e. The molecule has 0 radical (unpaired) electrons. The minimum atomic E-state index is 1.02. The van der Waals surface area contributed by atoms with Gasteiger partial charge >= 0.3 is 0 Å². The molecular formula is C15H28N2S. The molecule has 18 heavy (non-hydrogen) atoms. The fraction of sp³-hybridized carbons (Fsp3) is 0.733. The third-order valence-electron chi connectivity index (χ3n) is 3.51. The van der Waals surface area contributed by atoms with Crippen LogP contribution in [0.4, 0.5) is 0 Å². The predicted octanol–water partition coefficient (Wildman–Crippen LogP) is 3.75. The molecule has 104 valence electrons. The Morgan fingerprint density at radius 2 is 2.00 bits per heavy atom. The molecule has 0 spiro atoms. The van der Waals surface area contributed by atoms with Gasteiger partial charge in [-0.25, -0.2) is 0 Å². The Kier molecular flexibility index (Phi) is 7.52. The lowest BCUT2D eigenvalue weighted by Crippen LogP contribution is -2.15. The summed E-state index contributed by atoms with van der Waals surface area (Å²) in [5, 5.41) is 3.56. The van der Waals surface area contributed by atoms with Gasteiger partial charge in [-0.05, 0) is 63.8 Å². The van der Waals surface area contributed by atoms with Gasteiger partial charge in [-0.3, -0.25) is 0 Å². The van der Waals surface area contributed by atoms with Crippen molar-refractivity contribution in [1.82, 2.24) is 9.88 Å². The van der Waals surface area contributed by atoms with Gasteiger partial charge in [0.1, 0.15) is 0 Å². The van der Waals surface area contributed by atoms with Crippen LogP contribution in [0.3, 0.4) is 0 Å². The third kappa shape index (κ3) is 4.69. The van der Waals surface area contributed by atoms with Crippen molar-refractivity contribution in [2.24, 2.45) is 0 Å². The molecule has 0 atom stereocenters. The molecule has 0 unspecified atom stereocenters. The highest BCUT2D eigenvalue weighted by molar-refractivity contribution is 7.98. The van der Waals surface area contributed by atoms with Crippen molar-refractivity contribution >= 4 is 11.8 Å². The van der Waals surface area contributed by atoms with E-state index >= 15 is 0 Å². The zero-order valence-electron chi connectivity index (χ0n) is 12.4. The number of unbranched alkanes of at least 4 members (excludes halogenated alkanes) is 2. The average molecular weight is 268 g/mol. The molecule has 0 aliphatic heterocycles. The predicted molar refractivity (Wildman–Crippen MR) is 83.5 cm³/mol. The lowest BCUT2D eigenvalue weighted by atomic mass is 10.2. The molecule has 2 nitrogen and oxygen atoms in total. The van der Waals surface area contributed by atoms with Gasteiger partial charge in [-0.1, -0.05) is 6.42 Å². The highest BCUT2D eigenvalue weighted by atomic mass is 32.2. The van der Waals surface area contributed by atoms with Crippen molar-refractivity contribution in [2.45, 2.75) is 53.1 Å². The lowest BCUT2D eigenvalue weighted by molar-refractivity contribution is 0.615. The molecular weight excluding hydrogens is 240 g/mol. The van der Waals surface area contributed by atoms with Crippen molar-refractivity contribution in [3.05, 3.63) is 23.0 Å². The Morgan fingerprint density at radius 1 is 1.22 bits per heavy atom. The van der Waals surface area contributed by atoms with Crippen LogP contribution in [0, 0.1) is 13.8 Å². The van der Waals surface area contributed by atoms with Gasteiger partial charge in [-0.15, -0.1) is 0 Å². The quantitative estimate of drug-likeness (QED) is 0.687. The fourth-order valence-corrected chi connectivity index (χ4v) is 2.93. The molecule has 0 amide bonds. The van der Waals surface area contributed by atoms with E-state index in [-0.39, 0.29) is 0 Å². The van der Waals surface area contributed by atoms with Crippen molar-refractivity contribution < 1.29 is 0 Å². The number of hydrogen-bond acceptors (Lipinski definition) is 2. The first-order valence-corrected chi connectivity index (χ1v) is 8.45. The normalized spacial score (nSPS) is 11.1. The number of rotatable bonds is 9. The minimum Gasteiger partial charge on any atom is -0.349 e. The van der Waals surface area contributed by atoms with Crippen LogP contribution in [0.1, 0.15) is 43.1 Å². The van der Waals surface area contributed by atoms with E-state index in [1.165, 1.54) is 42.0 Å². The van der Waals surface area contributed by atoms with Crippen LogP contribution < -0.4 is 5.32 Å². The molecule has 1 rings (SSSR count). The number of nitrogens with zero attached hydrogens (tertiary/aromatic N) is 1. The molecule has 0 aliphatic carbocycles. The van der Waals surface area contributed by atoms with Gasteiger partial charge in [0.05, 0.1) is 0 Å². The average Bonchev–Trinajstić information content (AvgIpc) is 2.63. The summed E-state index contributed by atoms with van der Waals surface area (Å²) in [7, 11) is 0. The first kappa shape index (κ1) is 15.6. The third-order valence-corrected chi connectivity index (χ3v) is 4.21. The van der Waals surface area contributed by atoms with Crippen LogP contribution in [-0.4, -0.2) is 23.1 Å². The Balaban J connectivity index is 2.23. The van der Waals surface area contributed by atoms with Crippen LogP contribution in [-0.2, 0) is 13.1 Å². The molecule has 0 aromatic carbocycles. The number of thioether (sulfide) groups is 1. The van der Waals surface area contributed by atoms with Gasteiger partial charge in [0.15, 0.2) is 0 Å². The Hall–Kier alpha value is -0.410. The highest BCUT2D eigenvalue weighted by Gasteiger charge is 2.06. The molecule has 1 heterocycles. The summed E-state index contributed by atoms with van der Waals surface area (Å²) in [5.74, 6) is 1.30. The topological polar surface area (TPSA) is 17.0 Å². The maximum Gasteiger partial charge on any atom is 0.0223 e. The second-order valence-corrected chi connectivity index (χ2v) is 5.86. The summed E-state index contributed by atoms with van der Waals surface area (Å²) in [6, 6.07) is 2.32. The summed E-state index contributed by atoms with van der Waals surface area (Å²) in [4.78, 5) is 0. The van der Waals surface area contributed by atoms with Crippen LogP contribution in [0.2, 0.25) is 0 Å². The fourth-order valence-electron chi connectivity index (χ4n) is 2.43. The Labute approximate surface area is 117 Å². The molecule has 0 aliphatic rings. The van der Waals surface area contributed by atoms with E-state index < -0.39 is 0 Å². The number of nitrogens with one attached hydrogen (secondary N) is 1. The molecule has 3 heteroatoms. The summed E-state index contributed by atoms with van der Waals surface area (Å²) < 4.78 is 2.38. The molecule has 0 fully saturated rings. The summed E-state index contributed by atoms with van der Waals surface area (Å²) in [6.07, 6.45) is 6.18. The Bertz CT molecular complexity index is 345. The van der Waals surface area contributed by atoms with Gasteiger partial charge < -0.3 is 9.88 Å². The summed E-state index contributed by atoms with van der Waals surface area (Å²) >= 11 is 1.95. The van der Waals surface area contributed by atoms with Crippen molar-refractivity contribution in [2.75, 3.05) is 18.6 Å². The van der Waals surface area contributed by atoms with Crippen LogP contribution in [0.15, 0.2) is 6.07 Å². The Morgan fingerprint density at radius 3 is 2.61 bits per heavy atom. The molecule has 0 saturated carbocycles. The van der Waals surface area contributed by atoms with Crippen molar-refractivity contribution in [1.29, 1.82) is 0 Å². The SMILES string of the molecule is CCn1c(C)cc(CNCCCCCSC)c1C. The monoisotopic (exact) mass is 268 g/mol. The highest BCUT2D eigenvalue weighted by Crippen LogP contribution is 2.14. The van der Waals surface area contributed by atoms with E-state index in [4.69, 9.17) is 0 Å². The van der Waals surface area contributed by atoms with Crippen LogP contribution in [0.5, 0.6) is 0 Å². The molecule has 1 N–H and O–H groups in total. The smallest absolute Gasteiger partial charge is 0.0223 e. The number of hydrogen-bond donors (Lipinski definition) is 1. The molecule has 0 saturated heterocycles. The van der Waals surface area contributed by atoms with Gasteiger partial charge in [0.25, 0.3) is 0 Å². The maximum atomic E-state index is 3.56. The van der Waals surface area contributed by atoms with E-state index in [1.54, 1.807) is 0 Å². The van der Waals surface area contributed by atoms with Crippen molar-refractivity contribution in [3.8, 4) is 0 Å². The van der Waals surface area contributed by atoms with Crippen LogP contribution >= 0.6 is 11.8 Å². The van der Waals surface area contributed by atoms with E-state index in [1.807, 2.05) is 11.8 Å². The number of aryl methyl sites for hydroxylation is 1. The number of aromatic nitrogens is 1. The van der Waals surface area contributed by atoms with Gasteiger partial charge in [0.2, 0.25) is 0 Å². The van der Waals surface area contributed by atoms with Crippen LogP contribution in [0.25, 0.3) is 0 Å². The van der Waals surface area contributed by atoms with Gasteiger partial charge in [0, 0.05) is 24.5 Å². The van der Waals surface area contributed by atoms with E-state index in [2.05, 4.69) is 43.0 Å². The zero-order valence-corrected chi connectivity index (χ0v) is 13.2. The van der Waals surface area contributed by atoms with E-state index in [0.717, 1.165) is 19.6 Å². The first-order chi connectivity index (χ1) is 8.70. The zero-order chi connectivity index (χ0) is 13.4. The standard InChI is InChI=1S/C15H28N2S/c1-5-17-13(2)11-15(14(17)3)12-16-9-7-6-8-10-18-4/h11,16H,5-10,12H2,1-4H3. The van der Waals surface area contributed by atoms with E-state index in [9.17, 15) is 0 Å². The summed E-state index contributed by atoms with van der Waals surface area (Å²) in [5.41, 5.74) is 4.26. The molecule has 1 aromatic rings. The first-order valence-electron chi connectivity index (χ1n) is 7.06. The minimum absolute atomic E-state index is 1.02. The molecule has 1 aromatic heterocycles. The second-order valence-electron chi connectivity index (χ2n) is 4.87.